The first-order valence-electron chi connectivity index (χ1n) is 7.23. The maximum atomic E-state index is 12.2. The number of nitrogens with zero attached hydrogens (tertiary/aromatic N) is 3. The molecule has 1 amide bonds. The van der Waals surface area contributed by atoms with Crippen LogP contribution in [0, 0.1) is 24.7 Å². The highest BCUT2D eigenvalue weighted by atomic mass is 16.2. The molecular weight excluding hydrogens is 240 g/mol. The van der Waals surface area contributed by atoms with Crippen LogP contribution in [0.1, 0.15) is 43.8 Å². The zero-order valence-electron chi connectivity index (χ0n) is 11.7. The number of amides is 1. The molecule has 3 rings (SSSR count). The van der Waals surface area contributed by atoms with Gasteiger partial charge in [-0.25, -0.2) is 4.98 Å². The van der Waals surface area contributed by atoms with Crippen LogP contribution in [-0.2, 0) is 11.3 Å². The molecule has 0 aliphatic heterocycles. The van der Waals surface area contributed by atoms with Crippen molar-refractivity contribution in [1.29, 1.82) is 0 Å². The van der Waals surface area contributed by atoms with Crippen molar-refractivity contribution in [3.8, 4) is 0 Å². The summed E-state index contributed by atoms with van der Waals surface area (Å²) in [6.07, 6.45) is 6.07. The van der Waals surface area contributed by atoms with Crippen LogP contribution < -0.4 is 0 Å². The van der Waals surface area contributed by atoms with Crippen LogP contribution in [0.25, 0.3) is 0 Å². The number of H-pyrrole nitrogens is 1. The molecule has 3 atom stereocenters. The number of rotatable bonds is 4. The summed E-state index contributed by atoms with van der Waals surface area (Å²) < 4.78 is 0. The minimum absolute atomic E-state index is 0.236. The van der Waals surface area contributed by atoms with Gasteiger partial charge in [0.05, 0.1) is 6.54 Å². The molecule has 1 heterocycles. The smallest absolute Gasteiger partial charge is 0.223 e. The Morgan fingerprint density at radius 3 is 2.84 bits per heavy atom. The molecule has 2 fully saturated rings. The van der Waals surface area contributed by atoms with E-state index >= 15 is 0 Å². The average Bonchev–Trinajstić information content (AvgIpc) is 3.06. The van der Waals surface area contributed by atoms with Crippen molar-refractivity contribution >= 4 is 5.91 Å². The summed E-state index contributed by atoms with van der Waals surface area (Å²) in [7, 11) is 1.85. The monoisotopic (exact) mass is 262 g/mol. The minimum atomic E-state index is 0.236. The van der Waals surface area contributed by atoms with Gasteiger partial charge in [0.15, 0.2) is 5.82 Å². The van der Waals surface area contributed by atoms with Crippen molar-refractivity contribution in [3.05, 3.63) is 11.6 Å². The summed E-state index contributed by atoms with van der Waals surface area (Å²) in [5.41, 5.74) is 0. The highest BCUT2D eigenvalue weighted by molar-refractivity contribution is 5.76. The molecule has 0 aromatic carbocycles. The third kappa shape index (κ3) is 2.65. The fourth-order valence-electron chi connectivity index (χ4n) is 3.77. The topological polar surface area (TPSA) is 61.9 Å². The maximum Gasteiger partial charge on any atom is 0.223 e. The maximum absolute atomic E-state index is 12.2. The van der Waals surface area contributed by atoms with Crippen LogP contribution in [-0.4, -0.2) is 33.0 Å². The van der Waals surface area contributed by atoms with E-state index in [4.69, 9.17) is 0 Å². The molecule has 2 aliphatic carbocycles. The zero-order chi connectivity index (χ0) is 13.4. The second kappa shape index (κ2) is 4.94. The fraction of sp³-hybridized carbons (Fsp3) is 0.786. The molecule has 19 heavy (non-hydrogen) atoms. The van der Waals surface area contributed by atoms with E-state index in [1.165, 1.54) is 25.7 Å². The molecule has 2 bridgehead atoms. The third-order valence-corrected chi connectivity index (χ3v) is 4.77. The van der Waals surface area contributed by atoms with Crippen molar-refractivity contribution in [1.82, 2.24) is 20.1 Å². The average molecular weight is 262 g/mol. The molecule has 2 aliphatic rings. The second-order valence-electron chi connectivity index (χ2n) is 6.23. The van der Waals surface area contributed by atoms with Crippen molar-refractivity contribution < 1.29 is 4.79 Å². The Kier molecular flexibility index (Phi) is 3.29. The Hall–Kier alpha value is -1.39. The van der Waals surface area contributed by atoms with Crippen LogP contribution in [0.15, 0.2) is 0 Å². The summed E-state index contributed by atoms with van der Waals surface area (Å²) in [5, 5.41) is 6.89. The van der Waals surface area contributed by atoms with Crippen molar-refractivity contribution in [2.75, 3.05) is 7.05 Å². The highest BCUT2D eigenvalue weighted by Crippen LogP contribution is 2.49. The summed E-state index contributed by atoms with van der Waals surface area (Å²) in [5.74, 6) is 4.07. The molecule has 5 nitrogen and oxygen atoms in total. The molecule has 1 aromatic rings. The second-order valence-corrected chi connectivity index (χ2v) is 6.23. The number of hydrogen-bond donors (Lipinski definition) is 1. The van der Waals surface area contributed by atoms with Crippen molar-refractivity contribution in [2.45, 2.75) is 45.6 Å². The minimum Gasteiger partial charge on any atom is -0.338 e. The van der Waals surface area contributed by atoms with E-state index in [1.807, 2.05) is 14.0 Å². The van der Waals surface area contributed by atoms with Crippen LogP contribution in [0.5, 0.6) is 0 Å². The van der Waals surface area contributed by atoms with Gasteiger partial charge in [-0.3, -0.25) is 9.89 Å². The van der Waals surface area contributed by atoms with Gasteiger partial charge in [-0.2, -0.15) is 5.10 Å². The van der Waals surface area contributed by atoms with Gasteiger partial charge in [-0.1, -0.05) is 6.42 Å². The van der Waals surface area contributed by atoms with Crippen molar-refractivity contribution in [2.24, 2.45) is 17.8 Å². The molecule has 1 N–H and O–H groups in total. The fourth-order valence-corrected chi connectivity index (χ4v) is 3.77. The largest absolute Gasteiger partial charge is 0.338 e. The van der Waals surface area contributed by atoms with E-state index in [9.17, 15) is 4.79 Å². The Morgan fingerprint density at radius 2 is 2.26 bits per heavy atom. The Morgan fingerprint density at radius 1 is 1.42 bits per heavy atom. The lowest BCUT2D eigenvalue weighted by molar-refractivity contribution is -0.131. The summed E-state index contributed by atoms with van der Waals surface area (Å²) in [6.45, 7) is 2.37. The van der Waals surface area contributed by atoms with Gasteiger partial charge in [-0.05, 0) is 43.9 Å². The van der Waals surface area contributed by atoms with Gasteiger partial charge in [-0.15, -0.1) is 0 Å². The van der Waals surface area contributed by atoms with Crippen LogP contribution in [0.2, 0.25) is 0 Å². The summed E-state index contributed by atoms with van der Waals surface area (Å²) >= 11 is 0. The predicted molar refractivity (Wildman–Crippen MR) is 71.1 cm³/mol. The molecule has 1 aromatic heterocycles. The first kappa shape index (κ1) is 12.6. The quantitative estimate of drug-likeness (QED) is 0.901. The van der Waals surface area contributed by atoms with Crippen LogP contribution in [0.4, 0.5) is 0 Å². The molecule has 5 heteroatoms. The highest BCUT2D eigenvalue weighted by Gasteiger charge is 2.40. The SMILES string of the molecule is Cc1nc(CN(C)C(=O)CC2CC3CCC2C3)n[nH]1. The van der Waals surface area contributed by atoms with Gasteiger partial charge in [0.25, 0.3) is 0 Å². The number of aryl methyl sites for hydroxylation is 1. The predicted octanol–water partition coefficient (Wildman–Crippen LogP) is 1.90. The Balaban J connectivity index is 1.52. The molecule has 3 unspecified atom stereocenters. The first-order chi connectivity index (χ1) is 9.11. The molecular formula is C14H22N4O. The van der Waals surface area contributed by atoms with Crippen LogP contribution >= 0.6 is 0 Å². The molecule has 0 spiro atoms. The number of aromatic amines is 1. The van der Waals surface area contributed by atoms with Gasteiger partial charge >= 0.3 is 0 Å². The van der Waals surface area contributed by atoms with E-state index in [0.717, 1.165) is 17.7 Å². The molecule has 0 saturated heterocycles. The first-order valence-corrected chi connectivity index (χ1v) is 7.23. The van der Waals surface area contributed by atoms with E-state index in [2.05, 4.69) is 15.2 Å². The summed E-state index contributed by atoms with van der Waals surface area (Å²) in [4.78, 5) is 18.2. The standard InChI is InChI=1S/C14H22N4O/c1-9-15-13(17-16-9)8-18(2)14(19)7-12-6-10-3-4-11(12)5-10/h10-12H,3-8H2,1-2H3,(H,15,16,17). The van der Waals surface area contributed by atoms with Crippen molar-refractivity contribution in [3.63, 3.8) is 0 Å². The lowest BCUT2D eigenvalue weighted by atomic mass is 9.86. The van der Waals surface area contributed by atoms with E-state index in [0.29, 0.717) is 24.7 Å². The van der Waals surface area contributed by atoms with Gasteiger partial charge in [0.1, 0.15) is 5.82 Å². The van der Waals surface area contributed by atoms with E-state index in [-0.39, 0.29) is 5.91 Å². The van der Waals surface area contributed by atoms with E-state index < -0.39 is 0 Å². The Labute approximate surface area is 113 Å². The zero-order valence-corrected chi connectivity index (χ0v) is 11.7. The lowest BCUT2D eigenvalue weighted by Crippen LogP contribution is -2.29. The number of hydrogen-bond acceptors (Lipinski definition) is 3. The lowest BCUT2D eigenvalue weighted by Gasteiger charge is -2.23. The summed E-state index contributed by atoms with van der Waals surface area (Å²) in [6, 6.07) is 0. The number of carbonyl (C=O) groups excluding carboxylic acids is 1. The third-order valence-electron chi connectivity index (χ3n) is 4.77. The van der Waals surface area contributed by atoms with Crippen LogP contribution in [0.3, 0.4) is 0 Å². The number of nitrogens with one attached hydrogen (secondary N) is 1. The van der Waals surface area contributed by atoms with E-state index in [1.54, 1.807) is 4.90 Å². The molecule has 104 valence electrons. The number of fused-ring (bicyclic) bond motifs is 2. The number of carbonyl (C=O) groups is 1. The molecule has 0 radical (unpaired) electrons. The molecule has 2 saturated carbocycles. The number of aromatic nitrogens is 3. The normalized spacial score (nSPS) is 28.8. The van der Waals surface area contributed by atoms with Gasteiger partial charge in [0.2, 0.25) is 5.91 Å². The van der Waals surface area contributed by atoms with Gasteiger partial charge in [0, 0.05) is 13.5 Å². The Bertz CT molecular complexity index is 470. The van der Waals surface area contributed by atoms with Gasteiger partial charge < -0.3 is 4.90 Å².